The Morgan fingerprint density at radius 3 is 2.18 bits per heavy atom. The zero-order valence-electron chi connectivity index (χ0n) is 16.3. The van der Waals surface area contributed by atoms with Gasteiger partial charge >= 0.3 is 0 Å². The average Bonchev–Trinajstić information content (AvgIpc) is 3.01. The lowest BCUT2D eigenvalue weighted by Gasteiger charge is -2.14. The molecule has 3 rings (SSSR count). The van der Waals surface area contributed by atoms with Crippen molar-refractivity contribution in [3.05, 3.63) is 81.6 Å². The molecule has 0 saturated carbocycles. The van der Waals surface area contributed by atoms with E-state index in [2.05, 4.69) is 15.2 Å². The van der Waals surface area contributed by atoms with Crippen LogP contribution in [0.1, 0.15) is 37.7 Å². The van der Waals surface area contributed by atoms with Crippen LogP contribution < -0.4 is 10.6 Å². The van der Waals surface area contributed by atoms with E-state index < -0.39 is 0 Å². The van der Waals surface area contributed by atoms with Gasteiger partial charge in [-0.2, -0.15) is 0 Å². The molecule has 0 atom stereocenters. The first-order valence-electron chi connectivity index (χ1n) is 8.90. The summed E-state index contributed by atoms with van der Waals surface area (Å²) in [5, 5.41) is 5.85. The molecular formula is C22H22ClN3O2. The van der Waals surface area contributed by atoms with Crippen LogP contribution in [0, 0.1) is 20.8 Å². The molecule has 2 aromatic carbocycles. The molecule has 0 fully saturated rings. The lowest BCUT2D eigenvalue weighted by atomic mass is 10.1. The molecule has 0 aliphatic carbocycles. The van der Waals surface area contributed by atoms with Crippen LogP contribution in [0.4, 0.5) is 5.69 Å². The van der Waals surface area contributed by atoms with Gasteiger partial charge in [0.15, 0.2) is 0 Å². The minimum Gasteiger partial charge on any atom is -0.355 e. The van der Waals surface area contributed by atoms with E-state index in [1.165, 1.54) is 0 Å². The van der Waals surface area contributed by atoms with E-state index in [-0.39, 0.29) is 11.8 Å². The minimum absolute atomic E-state index is 0.172. The first-order chi connectivity index (χ1) is 13.3. The molecule has 1 heterocycles. The number of carbonyl (C=O) groups is 2. The Bertz CT molecular complexity index is 1050. The van der Waals surface area contributed by atoms with Crippen molar-refractivity contribution in [3.8, 4) is 5.69 Å². The Hall–Kier alpha value is -3.05. The molecule has 5 nitrogen and oxygen atoms in total. The van der Waals surface area contributed by atoms with Crippen LogP contribution in [0.25, 0.3) is 5.69 Å². The molecule has 28 heavy (non-hydrogen) atoms. The summed E-state index contributed by atoms with van der Waals surface area (Å²) in [4.78, 5) is 24.6. The van der Waals surface area contributed by atoms with Crippen LogP contribution in [0.2, 0.25) is 5.02 Å². The predicted octanol–water partition coefficient (Wildman–Crippen LogP) is 4.67. The maximum atomic E-state index is 12.9. The highest BCUT2D eigenvalue weighted by molar-refractivity contribution is 6.34. The highest BCUT2D eigenvalue weighted by atomic mass is 35.5. The van der Waals surface area contributed by atoms with Gasteiger partial charge < -0.3 is 15.2 Å². The number of halogens is 1. The number of hydrogen-bond acceptors (Lipinski definition) is 2. The average molecular weight is 396 g/mol. The first-order valence-corrected chi connectivity index (χ1v) is 9.28. The second kappa shape index (κ2) is 7.90. The van der Waals surface area contributed by atoms with Crippen LogP contribution in [-0.2, 0) is 0 Å². The van der Waals surface area contributed by atoms with E-state index >= 15 is 0 Å². The number of aromatic nitrogens is 1. The van der Waals surface area contributed by atoms with E-state index in [1.54, 1.807) is 37.4 Å². The van der Waals surface area contributed by atoms with Gasteiger partial charge in [0.1, 0.15) is 0 Å². The molecule has 0 aliphatic rings. The van der Waals surface area contributed by atoms with Gasteiger partial charge in [0, 0.05) is 35.4 Å². The Morgan fingerprint density at radius 2 is 1.57 bits per heavy atom. The van der Waals surface area contributed by atoms with Gasteiger partial charge in [-0.3, -0.25) is 9.59 Å². The third-order valence-corrected chi connectivity index (χ3v) is 5.02. The van der Waals surface area contributed by atoms with Gasteiger partial charge in [-0.1, -0.05) is 11.6 Å². The molecule has 1 aromatic heterocycles. The minimum atomic E-state index is -0.301. The fourth-order valence-electron chi connectivity index (χ4n) is 3.18. The normalized spacial score (nSPS) is 10.6. The van der Waals surface area contributed by atoms with Crippen LogP contribution in [0.5, 0.6) is 0 Å². The van der Waals surface area contributed by atoms with Gasteiger partial charge in [0.25, 0.3) is 11.8 Å². The zero-order valence-corrected chi connectivity index (χ0v) is 17.0. The Balaban J connectivity index is 1.91. The molecule has 0 radical (unpaired) electrons. The van der Waals surface area contributed by atoms with Gasteiger partial charge in [-0.05, 0) is 74.9 Å². The lowest BCUT2D eigenvalue weighted by Crippen LogP contribution is -2.18. The molecular weight excluding hydrogens is 374 g/mol. The predicted molar refractivity (Wildman–Crippen MR) is 113 cm³/mol. The summed E-state index contributed by atoms with van der Waals surface area (Å²) in [7, 11) is 1.58. The van der Waals surface area contributed by atoms with Gasteiger partial charge in [-0.15, -0.1) is 0 Å². The number of hydrogen-bond donors (Lipinski definition) is 2. The Morgan fingerprint density at radius 1 is 0.893 bits per heavy atom. The van der Waals surface area contributed by atoms with E-state index in [1.807, 2.05) is 39.0 Å². The first kappa shape index (κ1) is 19.7. The monoisotopic (exact) mass is 395 g/mol. The molecule has 0 saturated heterocycles. The number of carbonyl (C=O) groups excluding carboxylic acids is 2. The molecule has 6 heteroatoms. The van der Waals surface area contributed by atoms with E-state index in [0.29, 0.717) is 21.8 Å². The smallest absolute Gasteiger partial charge is 0.257 e. The van der Waals surface area contributed by atoms with Crippen molar-refractivity contribution in [2.24, 2.45) is 0 Å². The van der Waals surface area contributed by atoms with Crippen molar-refractivity contribution in [1.82, 2.24) is 9.88 Å². The number of aryl methyl sites for hydroxylation is 3. The fraction of sp³-hybridized carbons (Fsp3) is 0.182. The second-order valence-electron chi connectivity index (χ2n) is 6.68. The second-order valence-corrected chi connectivity index (χ2v) is 7.09. The lowest BCUT2D eigenvalue weighted by molar-refractivity contribution is 0.0962. The molecule has 2 N–H and O–H groups in total. The summed E-state index contributed by atoms with van der Waals surface area (Å²) in [6.45, 7) is 5.87. The molecule has 144 valence electrons. The van der Waals surface area contributed by atoms with Crippen molar-refractivity contribution in [1.29, 1.82) is 0 Å². The molecule has 2 amide bonds. The van der Waals surface area contributed by atoms with Crippen molar-refractivity contribution in [2.75, 3.05) is 12.4 Å². The number of rotatable bonds is 4. The molecule has 0 spiro atoms. The summed E-state index contributed by atoms with van der Waals surface area (Å²) in [5.74, 6) is -0.473. The SMILES string of the molecule is CNC(=O)c1ccc(NC(=O)c2cc(-n3c(C)ccc3C)ccc2Cl)c(C)c1. The molecule has 0 unspecified atom stereocenters. The number of nitrogens with zero attached hydrogens (tertiary/aromatic N) is 1. The summed E-state index contributed by atoms with van der Waals surface area (Å²) < 4.78 is 2.07. The number of benzene rings is 2. The van der Waals surface area contributed by atoms with E-state index in [4.69, 9.17) is 11.6 Å². The highest BCUT2D eigenvalue weighted by Gasteiger charge is 2.15. The number of nitrogens with one attached hydrogen (secondary N) is 2. The summed E-state index contributed by atoms with van der Waals surface area (Å²) in [6, 6.07) is 14.6. The van der Waals surface area contributed by atoms with Crippen LogP contribution in [-0.4, -0.2) is 23.4 Å². The number of anilines is 1. The standard InChI is InChI=1S/C22H22ClN3O2/c1-13-11-16(21(27)24-4)7-10-20(13)25-22(28)18-12-17(8-9-19(18)23)26-14(2)5-6-15(26)3/h5-12H,1-4H3,(H,24,27)(H,25,28). The fourth-order valence-corrected chi connectivity index (χ4v) is 3.38. The van der Waals surface area contributed by atoms with E-state index in [0.717, 1.165) is 22.6 Å². The number of amides is 2. The Labute approximate surface area is 169 Å². The Kier molecular flexibility index (Phi) is 5.56. The quantitative estimate of drug-likeness (QED) is 0.674. The van der Waals surface area contributed by atoms with Gasteiger partial charge in [0.05, 0.1) is 10.6 Å². The molecule has 0 bridgehead atoms. The molecule has 3 aromatic rings. The van der Waals surface area contributed by atoms with Gasteiger partial charge in [-0.25, -0.2) is 0 Å². The van der Waals surface area contributed by atoms with Crippen LogP contribution >= 0.6 is 11.6 Å². The van der Waals surface area contributed by atoms with Crippen molar-refractivity contribution in [2.45, 2.75) is 20.8 Å². The maximum absolute atomic E-state index is 12.9. The van der Waals surface area contributed by atoms with Crippen LogP contribution in [0.3, 0.4) is 0 Å². The highest BCUT2D eigenvalue weighted by Crippen LogP contribution is 2.25. The summed E-state index contributed by atoms with van der Waals surface area (Å²) in [6.07, 6.45) is 0. The third-order valence-electron chi connectivity index (χ3n) is 4.69. The van der Waals surface area contributed by atoms with Crippen molar-refractivity contribution < 1.29 is 9.59 Å². The molecule has 0 aliphatic heterocycles. The largest absolute Gasteiger partial charge is 0.355 e. The summed E-state index contributed by atoms with van der Waals surface area (Å²) in [5.41, 5.74) is 5.38. The van der Waals surface area contributed by atoms with Crippen molar-refractivity contribution >= 4 is 29.1 Å². The maximum Gasteiger partial charge on any atom is 0.257 e. The van der Waals surface area contributed by atoms with Gasteiger partial charge in [0.2, 0.25) is 0 Å². The van der Waals surface area contributed by atoms with Crippen molar-refractivity contribution in [3.63, 3.8) is 0 Å². The van der Waals surface area contributed by atoms with E-state index in [9.17, 15) is 9.59 Å². The zero-order chi connectivity index (χ0) is 20.4. The van der Waals surface area contributed by atoms with Crippen LogP contribution in [0.15, 0.2) is 48.5 Å². The summed E-state index contributed by atoms with van der Waals surface area (Å²) >= 11 is 6.30. The topological polar surface area (TPSA) is 63.1 Å². The third kappa shape index (κ3) is 3.80.